The fourth-order valence-electron chi connectivity index (χ4n) is 1.68. The van der Waals surface area contributed by atoms with Gasteiger partial charge in [0.25, 0.3) is 0 Å². The summed E-state index contributed by atoms with van der Waals surface area (Å²) >= 11 is 3.23. The molecule has 1 aromatic carbocycles. The van der Waals surface area contributed by atoms with Crippen LogP contribution in [0.4, 0.5) is 0 Å². The Kier molecular flexibility index (Phi) is 3.52. The van der Waals surface area contributed by atoms with Gasteiger partial charge in [-0.15, -0.1) is 11.3 Å². The van der Waals surface area contributed by atoms with Gasteiger partial charge < -0.3 is 4.84 Å². The monoisotopic (exact) mass is 289 g/mol. The lowest BCUT2D eigenvalue weighted by molar-refractivity contribution is 0.215. The van der Waals surface area contributed by atoms with Crippen molar-refractivity contribution in [2.24, 2.45) is 5.16 Å². The van der Waals surface area contributed by atoms with Crippen molar-refractivity contribution in [2.45, 2.75) is 9.92 Å². The number of hydrogen-bond acceptors (Lipinski definition) is 5. The van der Waals surface area contributed by atoms with E-state index >= 15 is 0 Å². The molecule has 0 radical (unpaired) electrons. The van der Waals surface area contributed by atoms with Crippen LogP contribution in [-0.4, -0.2) is 22.7 Å². The summed E-state index contributed by atoms with van der Waals surface area (Å²) in [5.74, 6) is 0. The van der Waals surface area contributed by atoms with E-state index in [0.29, 0.717) is 0 Å². The molecular formula is C13H11N3OS2. The molecule has 3 aromatic rings. The fourth-order valence-corrected chi connectivity index (χ4v) is 3.36. The molecule has 4 nitrogen and oxygen atoms in total. The molecule has 0 saturated heterocycles. The summed E-state index contributed by atoms with van der Waals surface area (Å²) in [6.07, 6.45) is 3.68. The summed E-state index contributed by atoms with van der Waals surface area (Å²) in [5, 5.41) is 6.78. The van der Waals surface area contributed by atoms with Gasteiger partial charge in [0.2, 0.25) is 0 Å². The van der Waals surface area contributed by atoms with Crippen LogP contribution in [0.2, 0.25) is 0 Å². The number of aromatic nitrogens is 2. The Bertz CT molecular complexity index is 703. The number of imidazole rings is 1. The van der Waals surface area contributed by atoms with Crippen molar-refractivity contribution >= 4 is 34.3 Å². The number of hydrogen-bond donors (Lipinski definition) is 0. The zero-order valence-corrected chi connectivity index (χ0v) is 11.8. The van der Waals surface area contributed by atoms with Gasteiger partial charge in [0.15, 0.2) is 4.96 Å². The fraction of sp³-hybridized carbons (Fsp3) is 0.0769. The Hall–Kier alpha value is -1.79. The van der Waals surface area contributed by atoms with Gasteiger partial charge in [0.1, 0.15) is 17.8 Å². The first-order valence-electron chi connectivity index (χ1n) is 5.63. The van der Waals surface area contributed by atoms with Crippen LogP contribution < -0.4 is 0 Å². The number of oxime groups is 1. The van der Waals surface area contributed by atoms with Gasteiger partial charge in [-0.25, -0.2) is 4.98 Å². The van der Waals surface area contributed by atoms with Crippen molar-refractivity contribution in [3.8, 4) is 0 Å². The molecular weight excluding hydrogens is 278 g/mol. The number of nitrogens with zero attached hydrogens (tertiary/aromatic N) is 3. The smallest absolute Gasteiger partial charge is 0.195 e. The second kappa shape index (κ2) is 5.46. The second-order valence-corrected chi connectivity index (χ2v) is 5.63. The average Bonchev–Trinajstić information content (AvgIpc) is 2.99. The van der Waals surface area contributed by atoms with E-state index in [9.17, 15) is 0 Å². The summed E-state index contributed by atoms with van der Waals surface area (Å²) in [6.45, 7) is 0. The maximum atomic E-state index is 4.77. The Balaban J connectivity index is 2.02. The van der Waals surface area contributed by atoms with Gasteiger partial charge in [-0.2, -0.15) is 0 Å². The predicted molar refractivity (Wildman–Crippen MR) is 78.2 cm³/mol. The van der Waals surface area contributed by atoms with Gasteiger partial charge in [0, 0.05) is 16.5 Å². The number of fused-ring (bicyclic) bond motifs is 1. The van der Waals surface area contributed by atoms with Crippen LogP contribution in [0.5, 0.6) is 0 Å². The lowest BCUT2D eigenvalue weighted by atomic mass is 10.4. The minimum absolute atomic E-state index is 0.929. The Morgan fingerprint density at radius 1 is 1.37 bits per heavy atom. The highest BCUT2D eigenvalue weighted by molar-refractivity contribution is 7.99. The number of benzene rings is 1. The maximum Gasteiger partial charge on any atom is 0.195 e. The van der Waals surface area contributed by atoms with E-state index in [1.165, 1.54) is 7.11 Å². The molecule has 2 heterocycles. The van der Waals surface area contributed by atoms with Crippen LogP contribution >= 0.6 is 23.1 Å². The van der Waals surface area contributed by atoms with Crippen LogP contribution in [0.3, 0.4) is 0 Å². The highest BCUT2D eigenvalue weighted by Gasteiger charge is 2.12. The summed E-state index contributed by atoms with van der Waals surface area (Å²) < 4.78 is 2.01. The summed E-state index contributed by atoms with van der Waals surface area (Å²) in [7, 11) is 1.53. The summed E-state index contributed by atoms with van der Waals surface area (Å²) in [5.41, 5.74) is 0.937. The van der Waals surface area contributed by atoms with Crippen LogP contribution in [0.15, 0.2) is 57.0 Å². The van der Waals surface area contributed by atoms with Gasteiger partial charge >= 0.3 is 0 Å². The van der Waals surface area contributed by atoms with E-state index < -0.39 is 0 Å². The van der Waals surface area contributed by atoms with E-state index in [4.69, 9.17) is 4.84 Å². The second-order valence-electron chi connectivity index (χ2n) is 3.69. The highest BCUT2D eigenvalue weighted by atomic mass is 32.2. The van der Waals surface area contributed by atoms with Gasteiger partial charge in [-0.05, 0) is 12.1 Å². The van der Waals surface area contributed by atoms with Crippen molar-refractivity contribution in [2.75, 3.05) is 7.11 Å². The molecule has 3 rings (SSSR count). The van der Waals surface area contributed by atoms with Crippen molar-refractivity contribution < 1.29 is 4.84 Å². The molecule has 6 heteroatoms. The van der Waals surface area contributed by atoms with E-state index in [1.54, 1.807) is 29.3 Å². The molecule has 0 N–H and O–H groups in total. The minimum atomic E-state index is 0.929. The zero-order chi connectivity index (χ0) is 13.1. The van der Waals surface area contributed by atoms with Crippen LogP contribution in [-0.2, 0) is 4.84 Å². The predicted octanol–water partition coefficient (Wildman–Crippen LogP) is 3.53. The minimum Gasteiger partial charge on any atom is -0.399 e. The van der Waals surface area contributed by atoms with E-state index in [-0.39, 0.29) is 0 Å². The molecule has 0 amide bonds. The molecule has 2 aromatic heterocycles. The molecule has 96 valence electrons. The molecule has 0 bridgehead atoms. The lowest BCUT2D eigenvalue weighted by Gasteiger charge is -1.99. The van der Waals surface area contributed by atoms with Crippen molar-refractivity contribution in [3.63, 3.8) is 0 Å². The summed E-state index contributed by atoms with van der Waals surface area (Å²) in [4.78, 5) is 11.5. The largest absolute Gasteiger partial charge is 0.399 e. The quantitative estimate of drug-likeness (QED) is 0.545. The average molecular weight is 289 g/mol. The molecule has 0 unspecified atom stereocenters. The van der Waals surface area contributed by atoms with Crippen molar-refractivity contribution in [1.82, 2.24) is 9.38 Å². The van der Waals surface area contributed by atoms with E-state index in [1.807, 2.05) is 34.2 Å². The standard InChI is InChI=1S/C13H11N3OS2/c1-17-14-9-11-12(15-13-16(11)7-8-18-13)19-10-5-3-2-4-6-10/h2-9H,1H3/b14-9+. The van der Waals surface area contributed by atoms with Crippen molar-refractivity contribution in [1.29, 1.82) is 0 Å². The molecule has 0 aliphatic carbocycles. The van der Waals surface area contributed by atoms with Crippen LogP contribution in [0.25, 0.3) is 4.96 Å². The van der Waals surface area contributed by atoms with E-state index in [2.05, 4.69) is 22.3 Å². The third-order valence-corrected chi connectivity index (χ3v) is 4.26. The lowest BCUT2D eigenvalue weighted by Crippen LogP contribution is -1.90. The third-order valence-electron chi connectivity index (χ3n) is 2.50. The Morgan fingerprint density at radius 2 is 2.21 bits per heavy atom. The summed E-state index contributed by atoms with van der Waals surface area (Å²) in [6, 6.07) is 10.2. The normalized spacial score (nSPS) is 11.4. The molecule has 0 saturated carbocycles. The Labute approximate surface area is 118 Å². The third kappa shape index (κ3) is 2.50. The first-order chi connectivity index (χ1) is 9.38. The highest BCUT2D eigenvalue weighted by Crippen LogP contribution is 2.30. The van der Waals surface area contributed by atoms with Gasteiger partial charge in [0.05, 0.1) is 6.21 Å². The van der Waals surface area contributed by atoms with Gasteiger partial charge in [-0.3, -0.25) is 4.40 Å². The first kappa shape index (κ1) is 12.3. The van der Waals surface area contributed by atoms with Crippen LogP contribution in [0.1, 0.15) is 5.69 Å². The number of rotatable bonds is 4. The van der Waals surface area contributed by atoms with Gasteiger partial charge in [-0.1, -0.05) is 35.1 Å². The number of thiazole rings is 1. The van der Waals surface area contributed by atoms with Crippen LogP contribution in [0, 0.1) is 0 Å². The van der Waals surface area contributed by atoms with Crippen molar-refractivity contribution in [3.05, 3.63) is 47.6 Å². The first-order valence-corrected chi connectivity index (χ1v) is 7.33. The Morgan fingerprint density at radius 3 is 3.00 bits per heavy atom. The molecule has 0 atom stereocenters. The molecule has 0 spiro atoms. The molecule has 19 heavy (non-hydrogen) atoms. The van der Waals surface area contributed by atoms with E-state index in [0.717, 1.165) is 20.6 Å². The molecule has 0 aliphatic rings. The zero-order valence-electron chi connectivity index (χ0n) is 10.2. The topological polar surface area (TPSA) is 38.9 Å². The maximum absolute atomic E-state index is 4.77. The molecule has 0 aliphatic heterocycles. The SMILES string of the molecule is CO/N=C/c1c(Sc2ccccc2)nc2sccn12. The molecule has 0 fully saturated rings.